The zero-order chi connectivity index (χ0) is 15.2. The van der Waals surface area contributed by atoms with E-state index in [4.69, 9.17) is 10.5 Å². The van der Waals surface area contributed by atoms with Gasteiger partial charge in [0.15, 0.2) is 5.78 Å². The molecule has 1 aromatic heterocycles. The fourth-order valence-corrected chi connectivity index (χ4v) is 4.29. The number of nitrogens with two attached hydrogens (primary N) is 1. The second-order valence-electron chi connectivity index (χ2n) is 5.33. The Morgan fingerprint density at radius 3 is 2.81 bits per heavy atom. The van der Waals surface area contributed by atoms with Crippen LogP contribution in [0.1, 0.15) is 41.8 Å². The summed E-state index contributed by atoms with van der Waals surface area (Å²) >= 11 is 3.14. The quantitative estimate of drug-likeness (QED) is 0.388. The van der Waals surface area contributed by atoms with E-state index in [2.05, 4.69) is 5.32 Å². The van der Waals surface area contributed by atoms with Crippen LogP contribution < -0.4 is 11.1 Å². The maximum atomic E-state index is 12.2. The maximum Gasteiger partial charge on any atom is 0.178 e. The van der Waals surface area contributed by atoms with E-state index in [0.717, 1.165) is 60.0 Å². The molecule has 1 aliphatic rings. The number of ketones is 1. The molecule has 0 amide bonds. The predicted molar refractivity (Wildman–Crippen MR) is 91.8 cm³/mol. The van der Waals surface area contributed by atoms with E-state index in [0.29, 0.717) is 5.69 Å². The number of carbonyl (C=O) groups is 1. The van der Waals surface area contributed by atoms with E-state index in [1.807, 2.05) is 6.26 Å². The van der Waals surface area contributed by atoms with Crippen molar-refractivity contribution in [3.05, 3.63) is 4.88 Å². The number of ether oxygens (including phenoxy) is 1. The largest absolute Gasteiger partial charge is 0.396 e. The summed E-state index contributed by atoms with van der Waals surface area (Å²) < 4.78 is 5.04. The number of nitrogen functional groups attached to an aromatic ring is 1. The number of nitrogens with one attached hydrogen (secondary N) is 1. The van der Waals surface area contributed by atoms with Crippen molar-refractivity contribution >= 4 is 39.6 Å². The Bertz CT molecular complexity index is 484. The average molecular weight is 329 g/mol. The predicted octanol–water partition coefficient (Wildman–Crippen LogP) is 3.87. The summed E-state index contributed by atoms with van der Waals surface area (Å²) in [6.45, 7) is 1.73. The van der Waals surface area contributed by atoms with Gasteiger partial charge in [-0.1, -0.05) is 0 Å². The normalized spacial score (nSPS) is 14.4. The second kappa shape index (κ2) is 8.06. The molecule has 2 rings (SSSR count). The van der Waals surface area contributed by atoms with Crippen LogP contribution in [-0.2, 0) is 4.74 Å². The van der Waals surface area contributed by atoms with Crippen LogP contribution in [0.25, 0.3) is 0 Å². The minimum atomic E-state index is 0.225. The zero-order valence-corrected chi connectivity index (χ0v) is 14.4. The molecular weight excluding hydrogens is 304 g/mol. The van der Waals surface area contributed by atoms with Gasteiger partial charge in [-0.3, -0.25) is 4.79 Å². The third kappa shape index (κ3) is 4.37. The molecule has 1 fully saturated rings. The highest BCUT2D eigenvalue weighted by atomic mass is 32.2. The number of hydrogen-bond acceptors (Lipinski definition) is 6. The van der Waals surface area contributed by atoms with Crippen LogP contribution in [0, 0.1) is 5.92 Å². The molecule has 1 aromatic rings. The number of rotatable bonds is 10. The summed E-state index contributed by atoms with van der Waals surface area (Å²) in [5.74, 6) is 0.462. The molecule has 1 saturated carbocycles. The van der Waals surface area contributed by atoms with E-state index in [-0.39, 0.29) is 11.7 Å². The van der Waals surface area contributed by atoms with Crippen molar-refractivity contribution in [2.24, 2.45) is 5.92 Å². The van der Waals surface area contributed by atoms with Crippen LogP contribution in [0.15, 0.2) is 4.90 Å². The van der Waals surface area contributed by atoms with Gasteiger partial charge in [-0.15, -0.1) is 23.1 Å². The Balaban J connectivity index is 1.92. The molecule has 0 spiro atoms. The Labute approximate surface area is 134 Å². The summed E-state index contributed by atoms with van der Waals surface area (Å²) in [5, 5.41) is 4.49. The first-order chi connectivity index (χ1) is 10.2. The molecule has 0 saturated heterocycles. The molecule has 0 bridgehead atoms. The standard InChI is InChI=1S/C15H24N2O2S2/c1-19-9-5-3-4-8-17-15-14(20-2)11(16)13(21-15)12(18)10-6-7-10/h10,17H,3-9,16H2,1-2H3. The lowest BCUT2D eigenvalue weighted by Gasteiger charge is -2.06. The second-order valence-corrected chi connectivity index (χ2v) is 7.16. The molecule has 0 atom stereocenters. The Hall–Kier alpha value is -0.720. The van der Waals surface area contributed by atoms with Crippen molar-refractivity contribution < 1.29 is 9.53 Å². The highest BCUT2D eigenvalue weighted by molar-refractivity contribution is 7.99. The van der Waals surface area contributed by atoms with Crippen molar-refractivity contribution in [3.8, 4) is 0 Å². The minimum Gasteiger partial charge on any atom is -0.396 e. The van der Waals surface area contributed by atoms with Gasteiger partial charge < -0.3 is 15.8 Å². The lowest BCUT2D eigenvalue weighted by molar-refractivity contribution is 0.0972. The monoisotopic (exact) mass is 328 g/mol. The summed E-state index contributed by atoms with van der Waals surface area (Å²) in [4.78, 5) is 14.0. The number of carbonyl (C=O) groups excluding carboxylic acids is 1. The molecule has 0 aromatic carbocycles. The van der Waals surface area contributed by atoms with Gasteiger partial charge in [-0.2, -0.15) is 0 Å². The molecule has 1 heterocycles. The van der Waals surface area contributed by atoms with Gasteiger partial charge in [-0.25, -0.2) is 0 Å². The number of methoxy groups -OCH3 is 1. The summed E-state index contributed by atoms with van der Waals surface area (Å²) in [5.41, 5.74) is 6.84. The van der Waals surface area contributed by atoms with E-state index >= 15 is 0 Å². The maximum absolute atomic E-state index is 12.2. The number of hydrogen-bond donors (Lipinski definition) is 2. The number of anilines is 2. The molecule has 6 heteroatoms. The van der Waals surface area contributed by atoms with E-state index in [1.54, 1.807) is 18.9 Å². The van der Waals surface area contributed by atoms with Gasteiger partial charge in [0.05, 0.1) is 15.5 Å². The van der Waals surface area contributed by atoms with E-state index in [1.165, 1.54) is 11.3 Å². The lowest BCUT2D eigenvalue weighted by Crippen LogP contribution is -2.02. The molecule has 1 aliphatic carbocycles. The van der Waals surface area contributed by atoms with Crippen molar-refractivity contribution in [1.82, 2.24) is 0 Å². The number of thioether (sulfide) groups is 1. The van der Waals surface area contributed by atoms with Gasteiger partial charge in [-0.05, 0) is 38.4 Å². The highest BCUT2D eigenvalue weighted by Gasteiger charge is 2.33. The van der Waals surface area contributed by atoms with Gasteiger partial charge in [0, 0.05) is 26.2 Å². The summed E-state index contributed by atoms with van der Waals surface area (Å²) in [7, 11) is 1.73. The van der Waals surface area contributed by atoms with Crippen LogP contribution in [0.3, 0.4) is 0 Å². The van der Waals surface area contributed by atoms with Gasteiger partial charge in [0.2, 0.25) is 0 Å². The van der Waals surface area contributed by atoms with Crippen molar-refractivity contribution in [2.75, 3.05) is 37.6 Å². The number of Topliss-reactive ketones (excluding diaryl/α,β-unsaturated/α-hetero) is 1. The Kier molecular flexibility index (Phi) is 6.39. The lowest BCUT2D eigenvalue weighted by atomic mass is 10.2. The van der Waals surface area contributed by atoms with Gasteiger partial charge in [0.1, 0.15) is 5.00 Å². The third-order valence-corrected chi connectivity index (χ3v) is 5.73. The first-order valence-corrected chi connectivity index (χ1v) is 9.46. The van der Waals surface area contributed by atoms with Gasteiger partial charge >= 0.3 is 0 Å². The zero-order valence-electron chi connectivity index (χ0n) is 12.7. The molecule has 21 heavy (non-hydrogen) atoms. The molecular formula is C15H24N2O2S2. The Morgan fingerprint density at radius 2 is 2.19 bits per heavy atom. The summed E-state index contributed by atoms with van der Waals surface area (Å²) in [6, 6.07) is 0. The van der Waals surface area contributed by atoms with Crippen LogP contribution >= 0.6 is 23.1 Å². The van der Waals surface area contributed by atoms with Gasteiger partial charge in [0.25, 0.3) is 0 Å². The fraction of sp³-hybridized carbons (Fsp3) is 0.667. The van der Waals surface area contributed by atoms with Crippen LogP contribution in [0.5, 0.6) is 0 Å². The number of thiophene rings is 1. The topological polar surface area (TPSA) is 64.3 Å². The van der Waals surface area contributed by atoms with E-state index < -0.39 is 0 Å². The highest BCUT2D eigenvalue weighted by Crippen LogP contribution is 2.45. The van der Waals surface area contributed by atoms with E-state index in [9.17, 15) is 4.79 Å². The molecule has 3 N–H and O–H groups in total. The minimum absolute atomic E-state index is 0.225. The van der Waals surface area contributed by atoms with Crippen LogP contribution in [0.2, 0.25) is 0 Å². The SMILES string of the molecule is COCCCCCNc1sc(C(=O)C2CC2)c(N)c1SC. The fourth-order valence-electron chi connectivity index (χ4n) is 2.21. The van der Waals surface area contributed by atoms with Crippen molar-refractivity contribution in [1.29, 1.82) is 0 Å². The molecule has 0 unspecified atom stereocenters. The van der Waals surface area contributed by atoms with Crippen molar-refractivity contribution in [2.45, 2.75) is 37.0 Å². The van der Waals surface area contributed by atoms with Crippen molar-refractivity contribution in [3.63, 3.8) is 0 Å². The first-order valence-electron chi connectivity index (χ1n) is 7.42. The molecule has 4 nitrogen and oxygen atoms in total. The first kappa shape index (κ1) is 16.6. The summed E-state index contributed by atoms with van der Waals surface area (Å²) in [6.07, 6.45) is 7.38. The Morgan fingerprint density at radius 1 is 1.43 bits per heavy atom. The van der Waals surface area contributed by atoms with Crippen LogP contribution in [-0.4, -0.2) is 32.3 Å². The van der Waals surface area contributed by atoms with Crippen LogP contribution in [0.4, 0.5) is 10.7 Å². The molecule has 118 valence electrons. The molecule has 0 radical (unpaired) electrons. The average Bonchev–Trinajstić information content (AvgIpc) is 3.27. The molecule has 0 aliphatic heterocycles. The smallest absolute Gasteiger partial charge is 0.178 e. The number of unbranched alkanes of at least 4 members (excludes halogenated alkanes) is 2. The third-order valence-electron chi connectivity index (χ3n) is 3.59.